The lowest BCUT2D eigenvalue weighted by molar-refractivity contribution is 0.112. The summed E-state index contributed by atoms with van der Waals surface area (Å²) in [6.45, 7) is 3.93. The fraction of sp³-hybridized carbons (Fsp3) is 0.231. The Morgan fingerprint density at radius 3 is 2.82 bits per heavy atom. The zero-order chi connectivity index (χ0) is 12.3. The van der Waals surface area contributed by atoms with E-state index >= 15 is 0 Å². The molecule has 0 bridgehead atoms. The fourth-order valence-electron chi connectivity index (χ4n) is 1.63. The third-order valence-electron chi connectivity index (χ3n) is 2.31. The van der Waals surface area contributed by atoms with Crippen molar-refractivity contribution in [2.24, 2.45) is 0 Å². The van der Waals surface area contributed by atoms with E-state index in [4.69, 9.17) is 4.74 Å². The molecule has 1 aromatic heterocycles. The summed E-state index contributed by atoms with van der Waals surface area (Å²) in [5.74, 6) is 0.745. The number of hydrogen-bond acceptors (Lipinski definition) is 3. The Balaban J connectivity index is 2.48. The van der Waals surface area contributed by atoms with Crippen LogP contribution in [-0.4, -0.2) is 22.6 Å². The molecule has 1 N–H and O–H groups in total. The summed E-state index contributed by atoms with van der Waals surface area (Å²) in [4.78, 5) is 10.9. The van der Waals surface area contributed by atoms with Gasteiger partial charge in [0, 0.05) is 5.56 Å². The lowest BCUT2D eigenvalue weighted by Gasteiger charge is -2.13. The molecule has 0 fully saturated rings. The van der Waals surface area contributed by atoms with Crippen LogP contribution in [0.3, 0.4) is 0 Å². The first-order valence-electron chi connectivity index (χ1n) is 5.47. The molecule has 0 amide bonds. The molecule has 0 saturated carbocycles. The number of carbonyl (C=O) groups is 1. The van der Waals surface area contributed by atoms with Gasteiger partial charge in [0.25, 0.3) is 0 Å². The van der Waals surface area contributed by atoms with Gasteiger partial charge >= 0.3 is 0 Å². The highest BCUT2D eigenvalue weighted by atomic mass is 16.5. The average molecular weight is 230 g/mol. The van der Waals surface area contributed by atoms with Crippen LogP contribution in [0.1, 0.15) is 24.2 Å². The molecule has 0 unspecified atom stereocenters. The van der Waals surface area contributed by atoms with Crippen molar-refractivity contribution in [3.05, 3.63) is 36.0 Å². The van der Waals surface area contributed by atoms with Gasteiger partial charge in [0.2, 0.25) is 0 Å². The lowest BCUT2D eigenvalue weighted by atomic mass is 10.1. The lowest BCUT2D eigenvalue weighted by Crippen LogP contribution is -2.06. The molecule has 1 aromatic carbocycles. The second-order valence-corrected chi connectivity index (χ2v) is 3.98. The van der Waals surface area contributed by atoms with Gasteiger partial charge in [-0.2, -0.15) is 5.10 Å². The van der Waals surface area contributed by atoms with E-state index in [1.165, 1.54) is 6.20 Å². The molecule has 2 rings (SSSR count). The molecule has 4 nitrogen and oxygen atoms in total. The first-order valence-corrected chi connectivity index (χ1v) is 5.47. The Morgan fingerprint density at radius 2 is 2.12 bits per heavy atom. The number of aromatic amines is 1. The largest absolute Gasteiger partial charge is 0.490 e. The van der Waals surface area contributed by atoms with Crippen LogP contribution in [0.4, 0.5) is 0 Å². The summed E-state index contributed by atoms with van der Waals surface area (Å²) in [6.07, 6.45) is 2.37. The van der Waals surface area contributed by atoms with Crippen LogP contribution in [0, 0.1) is 0 Å². The molecular weight excluding hydrogens is 216 g/mol. The number of nitrogens with zero attached hydrogens (tertiary/aromatic N) is 1. The molecule has 4 heteroatoms. The van der Waals surface area contributed by atoms with Gasteiger partial charge in [-0.25, -0.2) is 0 Å². The predicted octanol–water partition coefficient (Wildman–Crippen LogP) is 2.68. The van der Waals surface area contributed by atoms with Gasteiger partial charge in [-0.15, -0.1) is 0 Å². The summed E-state index contributed by atoms with van der Waals surface area (Å²) in [6, 6.07) is 7.58. The van der Waals surface area contributed by atoms with Crippen molar-refractivity contribution in [1.82, 2.24) is 10.2 Å². The standard InChI is InChI=1S/C13H14N2O2/c1-9(2)17-12-6-4-3-5-11(12)13-10(8-16)7-14-15-13/h3-9H,1-2H3,(H,14,15). The van der Waals surface area contributed by atoms with Gasteiger partial charge in [0.15, 0.2) is 6.29 Å². The molecule has 0 spiro atoms. The zero-order valence-corrected chi connectivity index (χ0v) is 9.81. The van der Waals surface area contributed by atoms with Gasteiger partial charge < -0.3 is 4.74 Å². The molecule has 0 aliphatic carbocycles. The molecule has 17 heavy (non-hydrogen) atoms. The van der Waals surface area contributed by atoms with Crippen molar-refractivity contribution in [2.75, 3.05) is 0 Å². The second kappa shape index (κ2) is 4.82. The molecule has 0 saturated heterocycles. The third kappa shape index (κ3) is 2.36. The maximum Gasteiger partial charge on any atom is 0.153 e. The summed E-state index contributed by atoms with van der Waals surface area (Å²) in [5, 5.41) is 6.70. The monoisotopic (exact) mass is 230 g/mol. The molecule has 0 atom stereocenters. The highest BCUT2D eigenvalue weighted by Crippen LogP contribution is 2.30. The molecule has 2 aromatic rings. The van der Waals surface area contributed by atoms with Crippen LogP contribution >= 0.6 is 0 Å². The number of aromatic nitrogens is 2. The van der Waals surface area contributed by atoms with Gasteiger partial charge in [-0.05, 0) is 26.0 Å². The number of aldehydes is 1. The van der Waals surface area contributed by atoms with E-state index in [0.29, 0.717) is 11.3 Å². The highest BCUT2D eigenvalue weighted by molar-refractivity contribution is 5.86. The number of para-hydroxylation sites is 1. The van der Waals surface area contributed by atoms with E-state index in [0.717, 1.165) is 17.6 Å². The third-order valence-corrected chi connectivity index (χ3v) is 2.31. The topological polar surface area (TPSA) is 55.0 Å². The molecule has 0 radical (unpaired) electrons. The van der Waals surface area contributed by atoms with E-state index in [1.54, 1.807) is 0 Å². The van der Waals surface area contributed by atoms with Crippen LogP contribution in [0.25, 0.3) is 11.3 Å². The van der Waals surface area contributed by atoms with Crippen LogP contribution in [0.5, 0.6) is 5.75 Å². The number of hydrogen-bond donors (Lipinski definition) is 1. The van der Waals surface area contributed by atoms with Crippen molar-refractivity contribution >= 4 is 6.29 Å². The minimum Gasteiger partial charge on any atom is -0.490 e. The Morgan fingerprint density at radius 1 is 1.35 bits per heavy atom. The summed E-state index contributed by atoms with van der Waals surface area (Å²) >= 11 is 0. The van der Waals surface area contributed by atoms with Gasteiger partial charge in [-0.3, -0.25) is 9.89 Å². The van der Waals surface area contributed by atoms with Gasteiger partial charge in [0.1, 0.15) is 5.75 Å². The first-order chi connectivity index (χ1) is 8.22. The molecule has 88 valence electrons. The minimum absolute atomic E-state index is 0.0822. The zero-order valence-electron chi connectivity index (χ0n) is 9.81. The maximum atomic E-state index is 10.9. The van der Waals surface area contributed by atoms with E-state index in [-0.39, 0.29) is 6.10 Å². The molecule has 0 aliphatic heterocycles. The van der Waals surface area contributed by atoms with Crippen molar-refractivity contribution in [2.45, 2.75) is 20.0 Å². The van der Waals surface area contributed by atoms with Gasteiger partial charge in [0.05, 0.1) is 23.6 Å². The Bertz CT molecular complexity index is 518. The normalized spacial score (nSPS) is 10.5. The quantitative estimate of drug-likeness (QED) is 0.821. The van der Waals surface area contributed by atoms with Crippen molar-refractivity contribution in [3.8, 4) is 17.0 Å². The van der Waals surface area contributed by atoms with E-state index < -0.39 is 0 Å². The number of carbonyl (C=O) groups excluding carboxylic acids is 1. The predicted molar refractivity (Wildman–Crippen MR) is 65.2 cm³/mol. The summed E-state index contributed by atoms with van der Waals surface area (Å²) in [7, 11) is 0. The second-order valence-electron chi connectivity index (χ2n) is 3.98. The van der Waals surface area contributed by atoms with Gasteiger partial charge in [-0.1, -0.05) is 12.1 Å². The number of H-pyrrole nitrogens is 1. The number of ether oxygens (including phenoxy) is 1. The van der Waals surface area contributed by atoms with Crippen molar-refractivity contribution in [1.29, 1.82) is 0 Å². The summed E-state index contributed by atoms with van der Waals surface area (Å²) < 4.78 is 5.70. The molecule has 1 heterocycles. The van der Waals surface area contributed by atoms with E-state index in [1.807, 2.05) is 38.1 Å². The highest BCUT2D eigenvalue weighted by Gasteiger charge is 2.12. The Labute approximate surface area is 99.6 Å². The van der Waals surface area contributed by atoms with Crippen molar-refractivity contribution in [3.63, 3.8) is 0 Å². The number of benzene rings is 1. The molecule has 0 aliphatic rings. The van der Waals surface area contributed by atoms with Crippen molar-refractivity contribution < 1.29 is 9.53 Å². The van der Waals surface area contributed by atoms with Crippen LogP contribution in [0.15, 0.2) is 30.5 Å². The average Bonchev–Trinajstić information content (AvgIpc) is 2.77. The first kappa shape index (κ1) is 11.4. The number of rotatable bonds is 4. The Hall–Kier alpha value is -2.10. The fourth-order valence-corrected chi connectivity index (χ4v) is 1.63. The van der Waals surface area contributed by atoms with Crippen LogP contribution in [-0.2, 0) is 0 Å². The van der Waals surface area contributed by atoms with E-state index in [2.05, 4.69) is 10.2 Å². The maximum absolute atomic E-state index is 10.9. The van der Waals surface area contributed by atoms with Crippen LogP contribution in [0.2, 0.25) is 0 Å². The minimum atomic E-state index is 0.0822. The smallest absolute Gasteiger partial charge is 0.153 e. The Kier molecular flexibility index (Phi) is 3.23. The summed E-state index contributed by atoms with van der Waals surface area (Å²) in [5.41, 5.74) is 2.07. The number of nitrogens with one attached hydrogen (secondary N) is 1. The van der Waals surface area contributed by atoms with E-state index in [9.17, 15) is 4.79 Å². The SMILES string of the molecule is CC(C)Oc1ccccc1-c1[nH]ncc1C=O. The molecular formula is C13H14N2O2. The van der Waals surface area contributed by atoms with Crippen LogP contribution < -0.4 is 4.74 Å².